The number of hydrogen-bond donors (Lipinski definition) is 1. The first kappa shape index (κ1) is 15.9. The lowest BCUT2D eigenvalue weighted by Crippen LogP contribution is -2.26. The zero-order valence-corrected chi connectivity index (χ0v) is 13.1. The van der Waals surface area contributed by atoms with Crippen LogP contribution in [0.4, 0.5) is 4.39 Å². The first-order chi connectivity index (χ1) is 11.6. The summed E-state index contributed by atoms with van der Waals surface area (Å²) in [7, 11) is 0. The van der Waals surface area contributed by atoms with Gasteiger partial charge in [-0.1, -0.05) is 23.4 Å². The monoisotopic (exact) mass is 328 g/mol. The topological polar surface area (TPSA) is 73.0 Å². The highest BCUT2D eigenvalue weighted by molar-refractivity contribution is 5.91. The van der Waals surface area contributed by atoms with Gasteiger partial charge < -0.3 is 9.73 Å². The van der Waals surface area contributed by atoms with E-state index < -0.39 is 0 Å². The van der Waals surface area contributed by atoms with E-state index in [0.717, 1.165) is 5.76 Å². The van der Waals surface area contributed by atoms with Gasteiger partial charge in [-0.25, -0.2) is 9.07 Å². The molecule has 1 atom stereocenters. The summed E-state index contributed by atoms with van der Waals surface area (Å²) >= 11 is 0. The quantitative estimate of drug-likeness (QED) is 0.755. The number of carbonyl (C=O) groups is 1. The van der Waals surface area contributed by atoms with Crippen molar-refractivity contribution in [3.8, 4) is 0 Å². The van der Waals surface area contributed by atoms with Gasteiger partial charge in [-0.3, -0.25) is 4.79 Å². The molecular formula is C17H17FN4O2. The second-order valence-electron chi connectivity index (χ2n) is 5.37. The van der Waals surface area contributed by atoms with Crippen molar-refractivity contribution in [3.63, 3.8) is 0 Å². The minimum atomic E-state index is -0.358. The lowest BCUT2D eigenvalue weighted by Gasteiger charge is -2.12. The van der Waals surface area contributed by atoms with Gasteiger partial charge >= 0.3 is 0 Å². The highest BCUT2D eigenvalue weighted by Crippen LogP contribution is 2.19. The van der Waals surface area contributed by atoms with E-state index in [1.165, 1.54) is 16.9 Å². The van der Waals surface area contributed by atoms with E-state index >= 15 is 0 Å². The minimum Gasteiger partial charge on any atom is -0.469 e. The molecule has 0 saturated heterocycles. The zero-order chi connectivity index (χ0) is 16.9. The average molecular weight is 328 g/mol. The van der Waals surface area contributed by atoms with Crippen LogP contribution in [0.5, 0.6) is 0 Å². The first-order valence-corrected chi connectivity index (χ1v) is 7.62. The van der Waals surface area contributed by atoms with E-state index in [1.54, 1.807) is 37.5 Å². The van der Waals surface area contributed by atoms with Gasteiger partial charge in [0.15, 0.2) is 5.69 Å². The van der Waals surface area contributed by atoms with Crippen molar-refractivity contribution in [2.75, 3.05) is 6.54 Å². The van der Waals surface area contributed by atoms with Gasteiger partial charge in [-0.2, -0.15) is 0 Å². The summed E-state index contributed by atoms with van der Waals surface area (Å²) in [5, 5.41) is 10.5. The van der Waals surface area contributed by atoms with Crippen molar-refractivity contribution >= 4 is 5.91 Å². The summed E-state index contributed by atoms with van der Waals surface area (Å²) in [5.41, 5.74) is 0.685. The average Bonchev–Trinajstić information content (AvgIpc) is 3.26. The molecule has 0 bridgehead atoms. The van der Waals surface area contributed by atoms with Gasteiger partial charge in [-0.15, -0.1) is 5.10 Å². The Morgan fingerprint density at radius 2 is 2.17 bits per heavy atom. The summed E-state index contributed by atoms with van der Waals surface area (Å²) < 4.78 is 20.5. The van der Waals surface area contributed by atoms with Gasteiger partial charge in [0.05, 0.1) is 18.5 Å². The number of nitrogens with one attached hydrogen (secondary N) is 1. The third-order valence-corrected chi connectivity index (χ3v) is 3.73. The van der Waals surface area contributed by atoms with Crippen LogP contribution in [-0.2, 0) is 6.42 Å². The zero-order valence-electron chi connectivity index (χ0n) is 13.1. The van der Waals surface area contributed by atoms with E-state index in [1.807, 2.05) is 6.07 Å². The Hall–Kier alpha value is -2.96. The second kappa shape index (κ2) is 7.08. The summed E-state index contributed by atoms with van der Waals surface area (Å²) in [6, 6.07) is 9.75. The summed E-state index contributed by atoms with van der Waals surface area (Å²) in [6.07, 6.45) is 3.70. The lowest BCUT2D eigenvalue weighted by molar-refractivity contribution is 0.0948. The fourth-order valence-corrected chi connectivity index (χ4v) is 2.37. The number of aromatic nitrogens is 3. The molecule has 24 heavy (non-hydrogen) atoms. The fourth-order valence-electron chi connectivity index (χ4n) is 2.37. The molecule has 0 aliphatic heterocycles. The fraction of sp³-hybridized carbons (Fsp3) is 0.235. The molecule has 2 heterocycles. The van der Waals surface area contributed by atoms with Crippen molar-refractivity contribution in [2.24, 2.45) is 0 Å². The number of benzene rings is 1. The van der Waals surface area contributed by atoms with E-state index in [2.05, 4.69) is 15.6 Å². The molecule has 7 heteroatoms. The summed E-state index contributed by atoms with van der Waals surface area (Å²) in [6.45, 7) is 2.23. The van der Waals surface area contributed by atoms with Crippen LogP contribution < -0.4 is 5.32 Å². The Kier molecular flexibility index (Phi) is 4.69. The molecule has 0 spiro atoms. The molecule has 1 aromatic carbocycles. The number of hydrogen-bond acceptors (Lipinski definition) is 4. The van der Waals surface area contributed by atoms with Crippen LogP contribution in [0.3, 0.4) is 0 Å². The van der Waals surface area contributed by atoms with Crippen LogP contribution in [0.15, 0.2) is 53.3 Å². The van der Waals surface area contributed by atoms with Gasteiger partial charge in [0, 0.05) is 18.5 Å². The molecule has 124 valence electrons. The summed E-state index contributed by atoms with van der Waals surface area (Å²) in [4.78, 5) is 12.1. The Labute approximate surface area is 138 Å². The predicted octanol–water partition coefficient (Wildman–Crippen LogP) is 2.59. The highest BCUT2D eigenvalue weighted by Gasteiger charge is 2.16. The standard InChI is InChI=1S/C17H17FN4O2/c1-12(14-6-2-3-7-15(14)18)22-11-16(20-21-22)17(23)19-9-8-13-5-4-10-24-13/h2-7,10-12H,8-9H2,1H3,(H,19,23)/t12-/m1/s1. The first-order valence-electron chi connectivity index (χ1n) is 7.62. The van der Waals surface area contributed by atoms with E-state index in [0.29, 0.717) is 18.5 Å². The maximum absolute atomic E-state index is 13.8. The Morgan fingerprint density at radius 3 is 2.92 bits per heavy atom. The van der Waals surface area contributed by atoms with Crippen LogP contribution in [0.2, 0.25) is 0 Å². The number of carbonyl (C=O) groups excluding carboxylic acids is 1. The van der Waals surface area contributed by atoms with Crippen molar-refractivity contribution in [1.29, 1.82) is 0 Å². The minimum absolute atomic E-state index is 0.192. The number of furan rings is 1. The molecule has 3 rings (SSSR count). The van der Waals surface area contributed by atoms with E-state index in [9.17, 15) is 9.18 Å². The lowest BCUT2D eigenvalue weighted by atomic mass is 10.1. The molecule has 6 nitrogen and oxygen atoms in total. The molecule has 0 fully saturated rings. The SMILES string of the molecule is C[C@H](c1ccccc1F)n1cc(C(=O)NCCc2ccco2)nn1. The van der Waals surface area contributed by atoms with Crippen LogP contribution >= 0.6 is 0 Å². The van der Waals surface area contributed by atoms with Crippen molar-refractivity contribution in [2.45, 2.75) is 19.4 Å². The molecule has 1 amide bonds. The third kappa shape index (κ3) is 3.51. The molecule has 3 aromatic rings. The maximum Gasteiger partial charge on any atom is 0.273 e. The van der Waals surface area contributed by atoms with Crippen LogP contribution in [0, 0.1) is 5.82 Å². The van der Waals surface area contributed by atoms with Crippen LogP contribution in [-0.4, -0.2) is 27.4 Å². The third-order valence-electron chi connectivity index (χ3n) is 3.73. The molecule has 0 aliphatic rings. The van der Waals surface area contributed by atoms with Crippen molar-refractivity contribution < 1.29 is 13.6 Å². The predicted molar refractivity (Wildman–Crippen MR) is 85.0 cm³/mol. The molecule has 0 radical (unpaired) electrons. The van der Waals surface area contributed by atoms with Crippen LogP contribution in [0.1, 0.15) is 34.8 Å². The van der Waals surface area contributed by atoms with Crippen molar-refractivity contribution in [3.05, 3.63) is 71.7 Å². The molecule has 0 aliphatic carbocycles. The van der Waals surface area contributed by atoms with Gasteiger partial charge in [0.25, 0.3) is 5.91 Å². The Balaban J connectivity index is 1.62. The summed E-state index contributed by atoms with van der Waals surface area (Å²) in [5.74, 6) is 0.158. The molecule has 2 aromatic heterocycles. The number of halogens is 1. The molecule has 0 saturated carbocycles. The van der Waals surface area contributed by atoms with Crippen LogP contribution in [0.25, 0.3) is 0 Å². The molecule has 1 N–H and O–H groups in total. The maximum atomic E-state index is 13.8. The van der Waals surface area contributed by atoms with Crippen molar-refractivity contribution in [1.82, 2.24) is 20.3 Å². The number of amides is 1. The number of rotatable bonds is 6. The van der Waals surface area contributed by atoms with Gasteiger partial charge in [0.1, 0.15) is 11.6 Å². The Bertz CT molecular complexity index is 814. The van der Waals surface area contributed by atoms with Gasteiger partial charge in [-0.05, 0) is 25.1 Å². The second-order valence-corrected chi connectivity index (χ2v) is 5.37. The van der Waals surface area contributed by atoms with E-state index in [4.69, 9.17) is 4.42 Å². The smallest absolute Gasteiger partial charge is 0.273 e. The molecule has 0 unspecified atom stereocenters. The molecular weight excluding hydrogens is 311 g/mol. The normalized spacial score (nSPS) is 12.1. The Morgan fingerprint density at radius 1 is 1.33 bits per heavy atom. The highest BCUT2D eigenvalue weighted by atomic mass is 19.1. The number of nitrogens with zero attached hydrogens (tertiary/aromatic N) is 3. The largest absolute Gasteiger partial charge is 0.469 e. The van der Waals surface area contributed by atoms with E-state index in [-0.39, 0.29) is 23.5 Å². The van der Waals surface area contributed by atoms with Gasteiger partial charge in [0.2, 0.25) is 0 Å².